The molecule has 1 aromatic rings. The van der Waals surface area contributed by atoms with Crippen molar-refractivity contribution in [3.63, 3.8) is 0 Å². The number of carbonyl (C=O) groups is 1. The second-order valence-corrected chi connectivity index (χ2v) is 4.40. The van der Waals surface area contributed by atoms with Crippen LogP contribution in [0.15, 0.2) is 18.2 Å². The summed E-state index contributed by atoms with van der Waals surface area (Å²) in [7, 11) is 1.57. The topological polar surface area (TPSA) is 50.1 Å². The van der Waals surface area contributed by atoms with Gasteiger partial charge in [0.15, 0.2) is 5.78 Å². The highest BCUT2D eigenvalue weighted by Crippen LogP contribution is 2.23. The van der Waals surface area contributed by atoms with Crippen LogP contribution < -0.4 is 4.74 Å². The first-order chi connectivity index (χ1) is 8.01. The standard InChI is InChI=1S/C14H17NO2/c1-9(2)12(8-15)14(16)11-6-5-10(3)13(7-11)17-4/h5-7,9,12H,1-4H3. The number of hydrogen-bond donors (Lipinski definition) is 0. The monoisotopic (exact) mass is 231 g/mol. The number of ether oxygens (including phenoxy) is 1. The van der Waals surface area contributed by atoms with Crippen molar-refractivity contribution in [2.75, 3.05) is 7.11 Å². The molecule has 0 bridgehead atoms. The third kappa shape index (κ3) is 2.85. The SMILES string of the molecule is COc1cc(C(=O)C(C#N)C(C)C)ccc1C. The van der Waals surface area contributed by atoms with Crippen molar-refractivity contribution in [2.45, 2.75) is 20.8 Å². The lowest BCUT2D eigenvalue weighted by Gasteiger charge is -2.13. The zero-order chi connectivity index (χ0) is 13.0. The molecule has 0 aromatic heterocycles. The molecule has 0 aliphatic rings. The van der Waals surface area contributed by atoms with Gasteiger partial charge in [-0.1, -0.05) is 26.0 Å². The van der Waals surface area contributed by atoms with Crippen LogP contribution >= 0.6 is 0 Å². The molecule has 0 spiro atoms. The Bertz CT molecular complexity index is 458. The molecule has 0 radical (unpaired) electrons. The molecule has 1 atom stereocenters. The number of nitriles is 1. The average Bonchev–Trinajstić information content (AvgIpc) is 2.29. The lowest BCUT2D eigenvalue weighted by Crippen LogP contribution is -2.18. The number of carbonyl (C=O) groups excluding carboxylic acids is 1. The average molecular weight is 231 g/mol. The van der Waals surface area contributed by atoms with Crippen LogP contribution in [0.2, 0.25) is 0 Å². The van der Waals surface area contributed by atoms with Crippen LogP contribution in [-0.2, 0) is 0 Å². The van der Waals surface area contributed by atoms with E-state index < -0.39 is 5.92 Å². The molecule has 1 unspecified atom stereocenters. The van der Waals surface area contributed by atoms with Crippen LogP contribution in [0.1, 0.15) is 29.8 Å². The van der Waals surface area contributed by atoms with Crippen LogP contribution in [0.5, 0.6) is 5.75 Å². The summed E-state index contributed by atoms with van der Waals surface area (Å²) in [5.74, 6) is -0.0423. The van der Waals surface area contributed by atoms with Crippen molar-refractivity contribution >= 4 is 5.78 Å². The van der Waals surface area contributed by atoms with E-state index in [9.17, 15) is 4.79 Å². The van der Waals surface area contributed by atoms with Gasteiger partial charge in [-0.15, -0.1) is 0 Å². The van der Waals surface area contributed by atoms with Gasteiger partial charge in [0.2, 0.25) is 0 Å². The molecule has 3 heteroatoms. The summed E-state index contributed by atoms with van der Waals surface area (Å²) in [6, 6.07) is 7.34. The Kier molecular flexibility index (Phi) is 4.28. The molecule has 1 rings (SSSR count). The highest BCUT2D eigenvalue weighted by molar-refractivity contribution is 5.99. The Morgan fingerprint density at radius 2 is 2.06 bits per heavy atom. The minimum Gasteiger partial charge on any atom is -0.496 e. The van der Waals surface area contributed by atoms with Gasteiger partial charge >= 0.3 is 0 Å². The Balaban J connectivity index is 3.09. The number of aryl methyl sites for hydroxylation is 1. The molecule has 1 aromatic carbocycles. The van der Waals surface area contributed by atoms with E-state index in [2.05, 4.69) is 6.07 Å². The quantitative estimate of drug-likeness (QED) is 0.748. The normalized spacial score (nSPS) is 12.0. The summed E-state index contributed by atoms with van der Waals surface area (Å²) in [5.41, 5.74) is 1.51. The summed E-state index contributed by atoms with van der Waals surface area (Å²) >= 11 is 0. The van der Waals surface area contributed by atoms with Gasteiger partial charge in [0.1, 0.15) is 11.7 Å². The largest absolute Gasteiger partial charge is 0.496 e. The Morgan fingerprint density at radius 3 is 2.53 bits per heavy atom. The van der Waals surface area contributed by atoms with Gasteiger partial charge in [0, 0.05) is 5.56 Å². The van der Waals surface area contributed by atoms with Crippen molar-refractivity contribution in [3.05, 3.63) is 29.3 Å². The fourth-order valence-corrected chi connectivity index (χ4v) is 1.66. The number of Topliss-reactive ketones (excluding diaryl/α,β-unsaturated/α-hetero) is 1. The fourth-order valence-electron chi connectivity index (χ4n) is 1.66. The fraction of sp³-hybridized carbons (Fsp3) is 0.429. The molecule has 0 amide bonds. The molecule has 0 N–H and O–H groups in total. The van der Waals surface area contributed by atoms with E-state index in [-0.39, 0.29) is 11.7 Å². The molecule has 0 saturated carbocycles. The van der Waals surface area contributed by atoms with E-state index in [1.165, 1.54) is 0 Å². The summed E-state index contributed by atoms with van der Waals surface area (Å²) in [6.45, 7) is 5.66. The van der Waals surface area contributed by atoms with Crippen molar-refractivity contribution in [3.8, 4) is 11.8 Å². The van der Waals surface area contributed by atoms with Crippen LogP contribution in [0.4, 0.5) is 0 Å². The van der Waals surface area contributed by atoms with E-state index in [0.29, 0.717) is 11.3 Å². The van der Waals surface area contributed by atoms with Gasteiger partial charge in [-0.25, -0.2) is 0 Å². The first-order valence-electron chi connectivity index (χ1n) is 5.59. The minimum absolute atomic E-state index is 0.0137. The number of rotatable bonds is 4. The lowest BCUT2D eigenvalue weighted by molar-refractivity contribution is 0.0924. The van der Waals surface area contributed by atoms with Gasteiger partial charge in [-0.3, -0.25) is 4.79 Å². The minimum atomic E-state index is -0.595. The van der Waals surface area contributed by atoms with Crippen LogP contribution in [-0.4, -0.2) is 12.9 Å². The maximum Gasteiger partial charge on any atom is 0.180 e. The molecule has 17 heavy (non-hydrogen) atoms. The molecular weight excluding hydrogens is 214 g/mol. The van der Waals surface area contributed by atoms with Gasteiger partial charge in [-0.2, -0.15) is 5.26 Å². The number of hydrogen-bond acceptors (Lipinski definition) is 3. The summed E-state index contributed by atoms with van der Waals surface area (Å²) in [4.78, 5) is 12.1. The van der Waals surface area contributed by atoms with Crippen molar-refractivity contribution < 1.29 is 9.53 Å². The third-order valence-corrected chi connectivity index (χ3v) is 2.78. The molecule has 0 aliphatic carbocycles. The lowest BCUT2D eigenvalue weighted by atomic mass is 9.89. The number of benzene rings is 1. The highest BCUT2D eigenvalue weighted by Gasteiger charge is 2.23. The van der Waals surface area contributed by atoms with Gasteiger partial charge in [0.05, 0.1) is 13.2 Å². The highest BCUT2D eigenvalue weighted by atomic mass is 16.5. The molecule has 0 aliphatic heterocycles. The Labute approximate surface area is 102 Å². The third-order valence-electron chi connectivity index (χ3n) is 2.78. The van der Waals surface area contributed by atoms with E-state index in [4.69, 9.17) is 10.00 Å². The second-order valence-electron chi connectivity index (χ2n) is 4.40. The molecule has 3 nitrogen and oxygen atoms in total. The Morgan fingerprint density at radius 1 is 1.41 bits per heavy atom. The van der Waals surface area contributed by atoms with E-state index in [1.54, 1.807) is 19.2 Å². The maximum atomic E-state index is 12.1. The molecule has 0 saturated heterocycles. The van der Waals surface area contributed by atoms with Gasteiger partial charge < -0.3 is 4.74 Å². The van der Waals surface area contributed by atoms with Crippen molar-refractivity contribution in [2.24, 2.45) is 11.8 Å². The van der Waals surface area contributed by atoms with Crippen LogP contribution in [0, 0.1) is 30.1 Å². The predicted octanol–water partition coefficient (Wildman–Crippen LogP) is 2.98. The first-order valence-corrected chi connectivity index (χ1v) is 5.59. The Hall–Kier alpha value is -1.82. The van der Waals surface area contributed by atoms with Crippen molar-refractivity contribution in [1.82, 2.24) is 0 Å². The van der Waals surface area contributed by atoms with Gasteiger partial charge in [-0.05, 0) is 24.5 Å². The number of nitrogens with zero attached hydrogens (tertiary/aromatic N) is 1. The number of methoxy groups -OCH3 is 1. The summed E-state index contributed by atoms with van der Waals surface area (Å²) in [6.07, 6.45) is 0. The maximum absolute atomic E-state index is 12.1. The summed E-state index contributed by atoms with van der Waals surface area (Å²) in [5, 5.41) is 9.01. The van der Waals surface area contributed by atoms with E-state index in [0.717, 1.165) is 5.56 Å². The van der Waals surface area contributed by atoms with Crippen molar-refractivity contribution in [1.29, 1.82) is 5.26 Å². The molecule has 0 heterocycles. The zero-order valence-corrected chi connectivity index (χ0v) is 10.7. The van der Waals surface area contributed by atoms with E-state index in [1.807, 2.05) is 26.8 Å². The molecule has 90 valence electrons. The zero-order valence-electron chi connectivity index (χ0n) is 10.7. The first kappa shape index (κ1) is 13.2. The summed E-state index contributed by atoms with van der Waals surface area (Å²) < 4.78 is 5.17. The van der Waals surface area contributed by atoms with Gasteiger partial charge in [0.25, 0.3) is 0 Å². The van der Waals surface area contributed by atoms with Crippen LogP contribution in [0.3, 0.4) is 0 Å². The second kappa shape index (κ2) is 5.49. The van der Waals surface area contributed by atoms with Crippen LogP contribution in [0.25, 0.3) is 0 Å². The van der Waals surface area contributed by atoms with E-state index >= 15 is 0 Å². The predicted molar refractivity (Wildman–Crippen MR) is 66.0 cm³/mol. The smallest absolute Gasteiger partial charge is 0.180 e. The molecular formula is C14H17NO2. The number of ketones is 1. The molecule has 0 fully saturated rings.